The highest BCUT2D eigenvalue weighted by Gasteiger charge is 2.23. The van der Waals surface area contributed by atoms with Crippen LogP contribution in [-0.2, 0) is 6.54 Å². The number of benzene rings is 2. The fourth-order valence-corrected chi connectivity index (χ4v) is 2.47. The number of nitro benzene ring substituents is 1. The average Bonchev–Trinajstić information content (AvgIpc) is 2.45. The first-order chi connectivity index (χ1) is 10.0. The number of nitrogens with one attached hydrogen (secondary N) is 1. The van der Waals surface area contributed by atoms with E-state index in [0.29, 0.717) is 0 Å². The first kappa shape index (κ1) is 15.5. The number of hydrogen-bond donors (Lipinski definition) is 1. The quantitative estimate of drug-likeness (QED) is 0.655. The molecule has 2 rings (SSSR count). The Hall–Kier alpha value is -1.92. The molecule has 108 valence electrons. The van der Waals surface area contributed by atoms with Gasteiger partial charge in [-0.2, -0.15) is 0 Å². The van der Waals surface area contributed by atoms with E-state index in [0.717, 1.165) is 10.0 Å². The van der Waals surface area contributed by atoms with E-state index in [1.54, 1.807) is 0 Å². The third kappa shape index (κ3) is 3.59. The molecule has 0 spiro atoms. The van der Waals surface area contributed by atoms with Gasteiger partial charge < -0.3 is 5.32 Å². The molecule has 2 aromatic rings. The van der Waals surface area contributed by atoms with Crippen molar-refractivity contribution in [3.05, 3.63) is 73.2 Å². The molecule has 0 heterocycles. The number of carbonyl (C=O) groups excluding carboxylic acids is 1. The minimum Gasteiger partial charge on any atom is -0.348 e. The summed E-state index contributed by atoms with van der Waals surface area (Å²) in [6.07, 6.45) is 0. The van der Waals surface area contributed by atoms with E-state index >= 15 is 0 Å². The molecule has 0 atom stereocenters. The van der Waals surface area contributed by atoms with Crippen molar-refractivity contribution in [2.75, 3.05) is 0 Å². The van der Waals surface area contributed by atoms with Crippen molar-refractivity contribution in [1.82, 2.24) is 5.32 Å². The Morgan fingerprint density at radius 3 is 2.62 bits per heavy atom. The van der Waals surface area contributed by atoms with Crippen LogP contribution in [0.2, 0.25) is 5.02 Å². The van der Waals surface area contributed by atoms with Crippen molar-refractivity contribution in [3.8, 4) is 0 Å². The lowest BCUT2D eigenvalue weighted by Crippen LogP contribution is -2.24. The molecule has 7 heteroatoms. The Morgan fingerprint density at radius 2 is 1.95 bits per heavy atom. The Morgan fingerprint density at radius 1 is 1.24 bits per heavy atom. The van der Waals surface area contributed by atoms with Crippen LogP contribution >= 0.6 is 27.5 Å². The first-order valence-electron chi connectivity index (χ1n) is 5.95. The first-order valence-corrected chi connectivity index (χ1v) is 7.12. The summed E-state index contributed by atoms with van der Waals surface area (Å²) >= 11 is 9.15. The number of hydrogen-bond acceptors (Lipinski definition) is 3. The van der Waals surface area contributed by atoms with Crippen LogP contribution in [0.1, 0.15) is 15.9 Å². The highest BCUT2D eigenvalue weighted by molar-refractivity contribution is 9.10. The molecule has 0 saturated carbocycles. The summed E-state index contributed by atoms with van der Waals surface area (Å²) in [4.78, 5) is 22.5. The summed E-state index contributed by atoms with van der Waals surface area (Å²) in [5.41, 5.74) is 0.430. The zero-order chi connectivity index (χ0) is 15.4. The van der Waals surface area contributed by atoms with Gasteiger partial charge in [-0.1, -0.05) is 51.8 Å². The van der Waals surface area contributed by atoms with Crippen LogP contribution in [0.15, 0.2) is 46.9 Å². The highest BCUT2D eigenvalue weighted by atomic mass is 79.9. The van der Waals surface area contributed by atoms with Crippen LogP contribution in [0.4, 0.5) is 5.69 Å². The van der Waals surface area contributed by atoms with Crippen molar-refractivity contribution in [1.29, 1.82) is 0 Å². The van der Waals surface area contributed by atoms with E-state index in [1.807, 2.05) is 24.3 Å². The number of amides is 1. The van der Waals surface area contributed by atoms with Crippen LogP contribution in [-0.4, -0.2) is 10.8 Å². The fraction of sp³-hybridized carbons (Fsp3) is 0.0714. The molecule has 21 heavy (non-hydrogen) atoms. The molecule has 1 N–H and O–H groups in total. The summed E-state index contributed by atoms with van der Waals surface area (Å²) in [5, 5.41) is 13.6. The second-order valence-electron chi connectivity index (χ2n) is 4.17. The zero-order valence-corrected chi connectivity index (χ0v) is 13.0. The maximum Gasteiger partial charge on any atom is 0.300 e. The summed E-state index contributed by atoms with van der Waals surface area (Å²) < 4.78 is 0.853. The monoisotopic (exact) mass is 368 g/mol. The van der Waals surface area contributed by atoms with Gasteiger partial charge in [0.2, 0.25) is 0 Å². The lowest BCUT2D eigenvalue weighted by atomic mass is 10.1. The predicted octanol–water partition coefficient (Wildman–Crippen LogP) is 3.94. The van der Waals surface area contributed by atoms with Gasteiger partial charge in [0.1, 0.15) is 10.6 Å². The topological polar surface area (TPSA) is 72.2 Å². The summed E-state index contributed by atoms with van der Waals surface area (Å²) in [5.74, 6) is -0.542. The molecule has 0 aliphatic rings. The number of halogens is 2. The molecule has 2 aromatic carbocycles. The van der Waals surface area contributed by atoms with Crippen molar-refractivity contribution in [2.24, 2.45) is 0 Å². The van der Waals surface area contributed by atoms with Gasteiger partial charge in [0.25, 0.3) is 5.91 Å². The lowest BCUT2D eigenvalue weighted by molar-refractivity contribution is -0.385. The van der Waals surface area contributed by atoms with Gasteiger partial charge in [0.15, 0.2) is 0 Å². The molecular formula is C14H10BrClN2O3. The Kier molecular flexibility index (Phi) is 4.93. The van der Waals surface area contributed by atoms with Crippen LogP contribution in [0.3, 0.4) is 0 Å². The number of rotatable bonds is 4. The number of para-hydroxylation sites is 1. The molecule has 0 fully saturated rings. The molecule has 1 amide bonds. The summed E-state index contributed by atoms with van der Waals surface area (Å²) in [6, 6.07) is 11.7. The summed E-state index contributed by atoms with van der Waals surface area (Å²) in [6.45, 7) is 0.254. The van der Waals surface area contributed by atoms with Crippen LogP contribution in [0, 0.1) is 10.1 Å². The van der Waals surface area contributed by atoms with Crippen LogP contribution < -0.4 is 5.32 Å². The predicted molar refractivity (Wildman–Crippen MR) is 83.4 cm³/mol. The average molecular weight is 370 g/mol. The Balaban J connectivity index is 2.20. The van der Waals surface area contributed by atoms with E-state index in [1.165, 1.54) is 18.2 Å². The highest BCUT2D eigenvalue weighted by Crippen LogP contribution is 2.28. The lowest BCUT2D eigenvalue weighted by Gasteiger charge is -2.08. The molecular weight excluding hydrogens is 360 g/mol. The Labute approximate surface area is 134 Å². The van der Waals surface area contributed by atoms with E-state index in [9.17, 15) is 14.9 Å². The van der Waals surface area contributed by atoms with Gasteiger partial charge in [-0.25, -0.2) is 0 Å². The van der Waals surface area contributed by atoms with Gasteiger partial charge >= 0.3 is 5.69 Å². The molecule has 0 aliphatic carbocycles. The third-order valence-corrected chi connectivity index (χ3v) is 3.89. The molecule has 0 saturated heterocycles. The SMILES string of the molecule is O=C(NCc1ccccc1Br)c1cccc(Cl)c1[N+](=O)[O-]. The maximum absolute atomic E-state index is 12.1. The van der Waals surface area contributed by atoms with Gasteiger partial charge in [-0.3, -0.25) is 14.9 Å². The van der Waals surface area contributed by atoms with E-state index in [-0.39, 0.29) is 22.8 Å². The van der Waals surface area contributed by atoms with Gasteiger partial charge in [-0.05, 0) is 23.8 Å². The minimum absolute atomic E-state index is 0.0560. The van der Waals surface area contributed by atoms with Gasteiger partial charge in [0.05, 0.1) is 4.92 Å². The van der Waals surface area contributed by atoms with Crippen LogP contribution in [0.5, 0.6) is 0 Å². The van der Waals surface area contributed by atoms with Crippen LogP contribution in [0.25, 0.3) is 0 Å². The molecule has 5 nitrogen and oxygen atoms in total. The molecule has 0 radical (unpaired) electrons. The number of carbonyl (C=O) groups is 1. The minimum atomic E-state index is -0.657. The standard InChI is InChI=1S/C14H10BrClN2O3/c15-11-6-2-1-4-9(11)8-17-14(19)10-5-3-7-12(16)13(10)18(20)21/h1-7H,8H2,(H,17,19). The molecule has 0 bridgehead atoms. The van der Waals surface area contributed by atoms with Crippen molar-refractivity contribution >= 4 is 39.1 Å². The second kappa shape index (κ2) is 6.69. The summed E-state index contributed by atoms with van der Waals surface area (Å²) in [7, 11) is 0. The van der Waals surface area contributed by atoms with E-state index in [4.69, 9.17) is 11.6 Å². The number of nitrogens with zero attached hydrogens (tertiary/aromatic N) is 1. The number of nitro groups is 1. The van der Waals surface area contributed by atoms with Gasteiger partial charge in [0, 0.05) is 11.0 Å². The molecule has 0 aromatic heterocycles. The second-order valence-corrected chi connectivity index (χ2v) is 5.43. The van der Waals surface area contributed by atoms with Crippen molar-refractivity contribution in [3.63, 3.8) is 0 Å². The van der Waals surface area contributed by atoms with Gasteiger partial charge in [-0.15, -0.1) is 0 Å². The third-order valence-electron chi connectivity index (χ3n) is 2.81. The normalized spacial score (nSPS) is 10.2. The Bertz CT molecular complexity index is 706. The van der Waals surface area contributed by atoms with Crippen molar-refractivity contribution < 1.29 is 9.72 Å². The largest absolute Gasteiger partial charge is 0.348 e. The molecule has 0 aliphatic heterocycles. The van der Waals surface area contributed by atoms with E-state index in [2.05, 4.69) is 21.2 Å². The maximum atomic E-state index is 12.1. The van der Waals surface area contributed by atoms with E-state index < -0.39 is 10.8 Å². The fourth-order valence-electron chi connectivity index (χ4n) is 1.80. The smallest absolute Gasteiger partial charge is 0.300 e. The molecule has 0 unspecified atom stereocenters. The van der Waals surface area contributed by atoms with Crippen molar-refractivity contribution in [2.45, 2.75) is 6.54 Å². The zero-order valence-electron chi connectivity index (χ0n) is 10.7.